The van der Waals surface area contributed by atoms with E-state index in [9.17, 15) is 8.42 Å². The van der Waals surface area contributed by atoms with Gasteiger partial charge in [0.1, 0.15) is 0 Å². The Kier molecular flexibility index (Phi) is 4.64. The van der Waals surface area contributed by atoms with Crippen LogP contribution >= 0.6 is 0 Å². The van der Waals surface area contributed by atoms with Crippen LogP contribution in [0.1, 0.15) is 18.1 Å². The minimum atomic E-state index is -3.64. The van der Waals surface area contributed by atoms with Crippen molar-refractivity contribution in [3.8, 4) is 0 Å². The fourth-order valence-electron chi connectivity index (χ4n) is 2.12. The van der Waals surface area contributed by atoms with Gasteiger partial charge in [0.25, 0.3) is 10.0 Å². The number of hydrogen-bond acceptors (Lipinski definition) is 4. The van der Waals surface area contributed by atoms with Crippen LogP contribution < -0.4 is 10.0 Å². The van der Waals surface area contributed by atoms with E-state index < -0.39 is 10.0 Å². The fraction of sp³-hybridized carbons (Fsp3) is 0.357. The fourth-order valence-corrected chi connectivity index (χ4v) is 3.48. The Balaban J connectivity index is 2.39. The van der Waals surface area contributed by atoms with E-state index in [1.807, 2.05) is 26.1 Å². The SMILES string of the molecule is CCc1ccc(CNC)cc1S(=O)(=O)Nc1ccn(C)n1. The number of nitrogens with one attached hydrogen (secondary N) is 2. The average Bonchev–Trinajstić information content (AvgIpc) is 2.83. The highest BCUT2D eigenvalue weighted by Gasteiger charge is 2.19. The Labute approximate surface area is 125 Å². The quantitative estimate of drug-likeness (QED) is 0.848. The molecule has 0 saturated carbocycles. The van der Waals surface area contributed by atoms with Crippen LogP contribution in [0.25, 0.3) is 0 Å². The molecule has 1 heterocycles. The normalized spacial score (nSPS) is 11.6. The Morgan fingerprint density at radius 3 is 2.62 bits per heavy atom. The van der Waals surface area contributed by atoms with Crippen LogP contribution in [0.3, 0.4) is 0 Å². The molecule has 114 valence electrons. The molecule has 1 aromatic carbocycles. The number of aryl methyl sites for hydroxylation is 2. The predicted molar refractivity (Wildman–Crippen MR) is 82.6 cm³/mol. The smallest absolute Gasteiger partial charge is 0.263 e. The van der Waals surface area contributed by atoms with E-state index in [-0.39, 0.29) is 0 Å². The van der Waals surface area contributed by atoms with Crippen molar-refractivity contribution >= 4 is 15.8 Å². The van der Waals surface area contributed by atoms with Gasteiger partial charge in [0.05, 0.1) is 4.90 Å². The summed E-state index contributed by atoms with van der Waals surface area (Å²) in [5, 5.41) is 7.07. The summed E-state index contributed by atoms with van der Waals surface area (Å²) in [6.07, 6.45) is 2.34. The number of nitrogens with zero attached hydrogens (tertiary/aromatic N) is 2. The number of sulfonamides is 1. The standard InChI is InChI=1S/C14H20N4O2S/c1-4-12-6-5-11(10-15-2)9-13(12)21(19,20)17-14-7-8-18(3)16-14/h5-9,15H,4,10H2,1-3H3,(H,16,17). The molecule has 1 aromatic heterocycles. The molecular weight excluding hydrogens is 288 g/mol. The van der Waals surface area contributed by atoms with Gasteiger partial charge in [0.2, 0.25) is 0 Å². The molecule has 0 radical (unpaired) electrons. The molecule has 0 aliphatic heterocycles. The van der Waals surface area contributed by atoms with Gasteiger partial charge in [-0.2, -0.15) is 5.10 Å². The molecule has 0 aliphatic rings. The van der Waals surface area contributed by atoms with Crippen molar-refractivity contribution < 1.29 is 8.42 Å². The third-order valence-corrected chi connectivity index (χ3v) is 4.57. The number of rotatable bonds is 6. The summed E-state index contributed by atoms with van der Waals surface area (Å²) in [6.45, 7) is 2.56. The van der Waals surface area contributed by atoms with E-state index in [2.05, 4.69) is 15.1 Å². The molecule has 0 spiro atoms. The molecule has 0 bridgehead atoms. The van der Waals surface area contributed by atoms with Gasteiger partial charge in [-0.05, 0) is 30.7 Å². The van der Waals surface area contributed by atoms with Crippen LogP contribution in [-0.2, 0) is 30.0 Å². The minimum absolute atomic E-state index is 0.309. The van der Waals surface area contributed by atoms with Gasteiger partial charge < -0.3 is 5.32 Å². The topological polar surface area (TPSA) is 76.0 Å². The van der Waals surface area contributed by atoms with Crippen molar-refractivity contribution in [1.82, 2.24) is 15.1 Å². The van der Waals surface area contributed by atoms with Crippen molar-refractivity contribution in [2.75, 3.05) is 11.8 Å². The molecule has 6 nitrogen and oxygen atoms in total. The lowest BCUT2D eigenvalue weighted by molar-refractivity contribution is 0.599. The monoisotopic (exact) mass is 308 g/mol. The summed E-state index contributed by atoms with van der Waals surface area (Å²) in [5.41, 5.74) is 1.72. The van der Waals surface area contributed by atoms with Gasteiger partial charge in [0, 0.05) is 25.9 Å². The molecule has 2 aromatic rings. The Bertz CT molecular complexity index is 722. The van der Waals surface area contributed by atoms with E-state index in [0.717, 1.165) is 11.1 Å². The van der Waals surface area contributed by atoms with Gasteiger partial charge in [-0.25, -0.2) is 8.42 Å². The Morgan fingerprint density at radius 1 is 1.29 bits per heavy atom. The van der Waals surface area contributed by atoms with E-state index in [1.54, 1.807) is 30.1 Å². The van der Waals surface area contributed by atoms with Gasteiger partial charge in [-0.15, -0.1) is 0 Å². The second-order valence-corrected chi connectivity index (χ2v) is 6.46. The number of anilines is 1. The van der Waals surface area contributed by atoms with E-state index >= 15 is 0 Å². The third kappa shape index (κ3) is 3.62. The van der Waals surface area contributed by atoms with Gasteiger partial charge in [-0.3, -0.25) is 9.40 Å². The Morgan fingerprint density at radius 2 is 2.05 bits per heavy atom. The molecule has 0 fully saturated rings. The zero-order chi connectivity index (χ0) is 15.5. The highest BCUT2D eigenvalue weighted by Crippen LogP contribution is 2.21. The molecule has 2 N–H and O–H groups in total. The lowest BCUT2D eigenvalue weighted by Gasteiger charge is -2.12. The summed E-state index contributed by atoms with van der Waals surface area (Å²) in [6, 6.07) is 7.13. The van der Waals surface area contributed by atoms with E-state index in [0.29, 0.717) is 23.7 Å². The van der Waals surface area contributed by atoms with Crippen molar-refractivity contribution in [2.24, 2.45) is 7.05 Å². The Hall–Kier alpha value is -1.86. The molecule has 0 unspecified atom stereocenters. The first-order chi connectivity index (χ1) is 9.96. The van der Waals surface area contributed by atoms with Crippen LogP contribution in [-0.4, -0.2) is 25.2 Å². The molecule has 2 rings (SSSR count). The summed E-state index contributed by atoms with van der Waals surface area (Å²) in [4.78, 5) is 0.309. The first-order valence-corrected chi connectivity index (χ1v) is 8.23. The maximum atomic E-state index is 12.6. The van der Waals surface area contributed by atoms with Crippen LogP contribution in [0.5, 0.6) is 0 Å². The van der Waals surface area contributed by atoms with Crippen molar-refractivity contribution in [3.63, 3.8) is 0 Å². The van der Waals surface area contributed by atoms with Gasteiger partial charge in [0.15, 0.2) is 5.82 Å². The molecular formula is C14H20N4O2S. The molecule has 0 atom stereocenters. The number of aromatic nitrogens is 2. The van der Waals surface area contributed by atoms with E-state index in [4.69, 9.17) is 0 Å². The summed E-state index contributed by atoms with van der Waals surface area (Å²) >= 11 is 0. The van der Waals surface area contributed by atoms with Crippen molar-refractivity contribution in [2.45, 2.75) is 24.8 Å². The molecule has 0 saturated heterocycles. The zero-order valence-electron chi connectivity index (χ0n) is 12.4. The summed E-state index contributed by atoms with van der Waals surface area (Å²) in [5.74, 6) is 0.318. The molecule has 21 heavy (non-hydrogen) atoms. The van der Waals surface area contributed by atoms with Crippen molar-refractivity contribution in [1.29, 1.82) is 0 Å². The third-order valence-electron chi connectivity index (χ3n) is 3.14. The molecule has 7 heteroatoms. The minimum Gasteiger partial charge on any atom is -0.316 e. The van der Waals surface area contributed by atoms with E-state index in [1.165, 1.54) is 0 Å². The maximum absolute atomic E-state index is 12.6. The summed E-state index contributed by atoms with van der Waals surface area (Å²) in [7, 11) is -0.0709. The lowest BCUT2D eigenvalue weighted by atomic mass is 10.1. The van der Waals surface area contributed by atoms with Crippen LogP contribution in [0.15, 0.2) is 35.4 Å². The number of benzene rings is 1. The second-order valence-electron chi connectivity index (χ2n) is 4.81. The zero-order valence-corrected chi connectivity index (χ0v) is 13.2. The summed E-state index contributed by atoms with van der Waals surface area (Å²) < 4.78 is 29.2. The predicted octanol–water partition coefficient (Wildman–Crippen LogP) is 1.50. The van der Waals surface area contributed by atoms with Crippen LogP contribution in [0.2, 0.25) is 0 Å². The largest absolute Gasteiger partial charge is 0.316 e. The molecule has 0 aliphatic carbocycles. The van der Waals surface area contributed by atoms with Crippen molar-refractivity contribution in [3.05, 3.63) is 41.6 Å². The van der Waals surface area contributed by atoms with Gasteiger partial charge in [-0.1, -0.05) is 19.1 Å². The number of hydrogen-bond donors (Lipinski definition) is 2. The second kappa shape index (κ2) is 6.28. The van der Waals surface area contributed by atoms with Crippen LogP contribution in [0, 0.1) is 0 Å². The average molecular weight is 308 g/mol. The first kappa shape index (κ1) is 15.5. The highest BCUT2D eigenvalue weighted by atomic mass is 32.2. The lowest BCUT2D eigenvalue weighted by Crippen LogP contribution is -2.16. The highest BCUT2D eigenvalue weighted by molar-refractivity contribution is 7.92. The molecule has 0 amide bonds. The van der Waals surface area contributed by atoms with Crippen LogP contribution in [0.4, 0.5) is 5.82 Å². The van der Waals surface area contributed by atoms with Gasteiger partial charge >= 0.3 is 0 Å². The first-order valence-electron chi connectivity index (χ1n) is 6.75. The maximum Gasteiger partial charge on any atom is 0.263 e.